The van der Waals surface area contributed by atoms with Gasteiger partial charge in [-0.25, -0.2) is 4.39 Å². The van der Waals surface area contributed by atoms with Gasteiger partial charge < -0.3 is 10.4 Å². The lowest BCUT2D eigenvalue weighted by atomic mass is 10.1. The number of nitrogens with zero attached hydrogens (tertiary/aromatic N) is 4. The number of fused-ring (bicyclic) bond motifs is 1. The molecule has 0 aliphatic rings. The van der Waals surface area contributed by atoms with Crippen molar-refractivity contribution in [2.24, 2.45) is 0 Å². The second kappa shape index (κ2) is 6.14. The highest BCUT2D eigenvalue weighted by molar-refractivity contribution is 7.20. The highest BCUT2D eigenvalue weighted by atomic mass is 32.1. The summed E-state index contributed by atoms with van der Waals surface area (Å²) in [5.41, 5.74) is 2.59. The summed E-state index contributed by atoms with van der Waals surface area (Å²) in [4.78, 5) is 0.658. The van der Waals surface area contributed by atoms with E-state index in [1.54, 1.807) is 22.7 Å². The van der Waals surface area contributed by atoms with Gasteiger partial charge in [0.05, 0.1) is 0 Å². The highest BCUT2D eigenvalue weighted by Gasteiger charge is 2.13. The lowest BCUT2D eigenvalue weighted by molar-refractivity contribution is 0.475. The first-order chi connectivity index (χ1) is 12.1. The first kappa shape index (κ1) is 15.5. The van der Waals surface area contributed by atoms with Gasteiger partial charge in [0.2, 0.25) is 10.1 Å². The first-order valence-corrected chi connectivity index (χ1v) is 8.42. The summed E-state index contributed by atoms with van der Waals surface area (Å²) in [6.45, 7) is 1.90. The van der Waals surface area contributed by atoms with E-state index in [0.29, 0.717) is 28.0 Å². The average molecular weight is 355 g/mol. The number of phenolic OH excluding ortho intramolecular Hbond substituents is 1. The van der Waals surface area contributed by atoms with Crippen molar-refractivity contribution in [3.63, 3.8) is 0 Å². The van der Waals surface area contributed by atoms with Crippen molar-refractivity contribution in [1.82, 2.24) is 19.8 Å². The topological polar surface area (TPSA) is 75.3 Å². The van der Waals surface area contributed by atoms with Crippen LogP contribution >= 0.6 is 11.3 Å². The van der Waals surface area contributed by atoms with Crippen molar-refractivity contribution >= 4 is 27.1 Å². The quantitative estimate of drug-likeness (QED) is 0.584. The van der Waals surface area contributed by atoms with Crippen molar-refractivity contribution in [2.45, 2.75) is 13.3 Å². The number of aromatic hydroxyl groups is 1. The maximum absolute atomic E-state index is 13.4. The van der Waals surface area contributed by atoms with E-state index in [-0.39, 0.29) is 11.6 Å². The molecule has 2 heterocycles. The van der Waals surface area contributed by atoms with E-state index >= 15 is 0 Å². The molecule has 4 aromatic rings. The van der Waals surface area contributed by atoms with Crippen molar-refractivity contribution in [1.29, 1.82) is 0 Å². The second-order valence-corrected chi connectivity index (χ2v) is 6.60. The van der Waals surface area contributed by atoms with Crippen LogP contribution in [0.25, 0.3) is 4.96 Å². The summed E-state index contributed by atoms with van der Waals surface area (Å²) >= 11 is 1.35. The van der Waals surface area contributed by atoms with E-state index in [9.17, 15) is 9.50 Å². The summed E-state index contributed by atoms with van der Waals surface area (Å²) in [6.07, 6.45) is 0.545. The number of rotatable bonds is 4. The van der Waals surface area contributed by atoms with Crippen LogP contribution in [0, 0.1) is 12.7 Å². The Balaban J connectivity index is 1.61. The van der Waals surface area contributed by atoms with E-state index in [0.717, 1.165) is 11.1 Å². The molecule has 0 unspecified atom stereocenters. The van der Waals surface area contributed by atoms with Gasteiger partial charge in [0, 0.05) is 12.1 Å². The molecular weight excluding hydrogens is 341 g/mol. The first-order valence-electron chi connectivity index (χ1n) is 7.61. The van der Waals surface area contributed by atoms with E-state index in [2.05, 4.69) is 20.6 Å². The van der Waals surface area contributed by atoms with Crippen LogP contribution in [0.3, 0.4) is 0 Å². The van der Waals surface area contributed by atoms with E-state index in [4.69, 9.17) is 0 Å². The zero-order valence-corrected chi connectivity index (χ0v) is 14.1. The number of hydrogen-bond acceptors (Lipinski definition) is 6. The largest absolute Gasteiger partial charge is 0.508 e. The predicted octanol–water partition coefficient (Wildman–Crippen LogP) is 3.67. The van der Waals surface area contributed by atoms with Gasteiger partial charge in [-0.2, -0.15) is 4.52 Å². The van der Waals surface area contributed by atoms with Gasteiger partial charge >= 0.3 is 0 Å². The van der Waals surface area contributed by atoms with Crippen LogP contribution in [0.4, 0.5) is 15.2 Å². The van der Waals surface area contributed by atoms with Crippen LogP contribution in [0.15, 0.2) is 42.5 Å². The molecule has 0 saturated carbocycles. The molecule has 2 N–H and O–H groups in total. The fourth-order valence-corrected chi connectivity index (χ4v) is 3.23. The minimum absolute atomic E-state index is 0.223. The van der Waals surface area contributed by atoms with Crippen LogP contribution in [0.2, 0.25) is 0 Å². The average Bonchev–Trinajstić information content (AvgIpc) is 3.14. The molecular formula is C17H14FN5OS. The Bertz CT molecular complexity index is 1040. The van der Waals surface area contributed by atoms with E-state index in [1.165, 1.54) is 23.5 Å². The normalized spacial score (nSPS) is 11.1. The Labute approximate surface area is 146 Å². The Morgan fingerprint density at radius 1 is 1.16 bits per heavy atom. The van der Waals surface area contributed by atoms with Gasteiger partial charge in [-0.05, 0) is 42.3 Å². The molecule has 0 bridgehead atoms. The molecule has 2 aromatic heterocycles. The fourth-order valence-electron chi connectivity index (χ4n) is 2.46. The monoisotopic (exact) mass is 355 g/mol. The van der Waals surface area contributed by atoms with Gasteiger partial charge in [-0.3, -0.25) is 0 Å². The highest BCUT2D eigenvalue weighted by Crippen LogP contribution is 2.26. The molecule has 0 aliphatic heterocycles. The second-order valence-electron chi connectivity index (χ2n) is 5.65. The molecule has 0 fully saturated rings. The molecule has 2 aromatic carbocycles. The van der Waals surface area contributed by atoms with E-state index < -0.39 is 0 Å². The summed E-state index contributed by atoms with van der Waals surface area (Å²) in [7, 11) is 0. The molecule has 4 rings (SSSR count). The van der Waals surface area contributed by atoms with Gasteiger partial charge in [-0.15, -0.1) is 15.3 Å². The Kier molecular flexibility index (Phi) is 3.81. The smallest absolute Gasteiger partial charge is 0.236 e. The third-order valence-electron chi connectivity index (χ3n) is 3.80. The fraction of sp³-hybridized carbons (Fsp3) is 0.118. The maximum Gasteiger partial charge on any atom is 0.236 e. The number of aromatic nitrogens is 4. The molecule has 8 heteroatoms. The molecule has 0 amide bonds. The van der Waals surface area contributed by atoms with Crippen molar-refractivity contribution < 1.29 is 9.50 Å². The van der Waals surface area contributed by atoms with Crippen molar-refractivity contribution in [3.05, 3.63) is 65.2 Å². The van der Waals surface area contributed by atoms with Gasteiger partial charge in [0.1, 0.15) is 11.6 Å². The number of hydrogen-bond donors (Lipinski definition) is 2. The number of halogens is 1. The minimum Gasteiger partial charge on any atom is -0.508 e. The zero-order chi connectivity index (χ0) is 17.4. The standard InChI is InChI=1S/C17H14FN5OS/c1-10-2-5-12(18)9-14(10)19-16-22-23-15(20-21-17(23)25-16)8-11-3-6-13(24)7-4-11/h2-7,9,24H,8H2,1H3,(H,19,22). The summed E-state index contributed by atoms with van der Waals surface area (Å²) in [5, 5.41) is 25.9. The van der Waals surface area contributed by atoms with Crippen molar-refractivity contribution in [3.8, 4) is 5.75 Å². The summed E-state index contributed by atoms with van der Waals surface area (Å²) in [5.74, 6) is 0.617. The van der Waals surface area contributed by atoms with Crippen LogP contribution in [-0.4, -0.2) is 24.9 Å². The molecule has 6 nitrogen and oxygen atoms in total. The van der Waals surface area contributed by atoms with Crippen LogP contribution in [0.1, 0.15) is 17.0 Å². The van der Waals surface area contributed by atoms with Crippen LogP contribution < -0.4 is 5.32 Å². The van der Waals surface area contributed by atoms with Crippen LogP contribution in [0.5, 0.6) is 5.75 Å². The number of aryl methyl sites for hydroxylation is 1. The summed E-state index contributed by atoms with van der Waals surface area (Å²) < 4.78 is 15.1. The zero-order valence-electron chi connectivity index (χ0n) is 13.3. The molecule has 0 atom stereocenters. The number of phenols is 1. The third kappa shape index (κ3) is 3.16. The predicted molar refractivity (Wildman–Crippen MR) is 94.0 cm³/mol. The molecule has 0 radical (unpaired) electrons. The Morgan fingerprint density at radius 2 is 1.96 bits per heavy atom. The van der Waals surface area contributed by atoms with Gasteiger partial charge in [-0.1, -0.05) is 29.5 Å². The molecule has 0 saturated heterocycles. The minimum atomic E-state index is -0.302. The molecule has 25 heavy (non-hydrogen) atoms. The van der Waals surface area contributed by atoms with Crippen molar-refractivity contribution in [2.75, 3.05) is 5.32 Å². The Morgan fingerprint density at radius 3 is 2.76 bits per heavy atom. The summed E-state index contributed by atoms with van der Waals surface area (Å²) in [6, 6.07) is 11.5. The molecule has 0 aliphatic carbocycles. The van der Waals surface area contributed by atoms with Crippen LogP contribution in [-0.2, 0) is 6.42 Å². The lowest BCUT2D eigenvalue weighted by Crippen LogP contribution is -1.99. The number of anilines is 2. The molecule has 0 spiro atoms. The van der Waals surface area contributed by atoms with E-state index in [1.807, 2.05) is 19.1 Å². The number of nitrogens with one attached hydrogen (secondary N) is 1. The maximum atomic E-state index is 13.4. The van der Waals surface area contributed by atoms with Gasteiger partial charge in [0.25, 0.3) is 0 Å². The molecule has 126 valence electrons. The van der Waals surface area contributed by atoms with Gasteiger partial charge in [0.15, 0.2) is 5.82 Å². The SMILES string of the molecule is Cc1ccc(F)cc1Nc1nn2c(Cc3ccc(O)cc3)nnc2s1. The number of benzene rings is 2. The Hall–Kier alpha value is -3.00. The third-order valence-corrected chi connectivity index (χ3v) is 4.61. The lowest BCUT2D eigenvalue weighted by Gasteiger charge is -2.05.